The van der Waals surface area contributed by atoms with Crippen LogP contribution in [-0.4, -0.2) is 18.1 Å². The predicted octanol–water partition coefficient (Wildman–Crippen LogP) is 3.07. The number of aromatic nitrogens is 1. The Bertz CT molecular complexity index is 518. The van der Waals surface area contributed by atoms with E-state index in [0.717, 1.165) is 23.2 Å². The van der Waals surface area contributed by atoms with E-state index in [0.29, 0.717) is 5.92 Å². The van der Waals surface area contributed by atoms with Gasteiger partial charge >= 0.3 is 0 Å². The van der Waals surface area contributed by atoms with Crippen molar-refractivity contribution < 1.29 is 0 Å². The maximum absolute atomic E-state index is 4.61. The molecule has 16 heavy (non-hydrogen) atoms. The highest BCUT2D eigenvalue weighted by atomic mass is 79.9. The zero-order valence-electron chi connectivity index (χ0n) is 8.91. The molecule has 1 aliphatic heterocycles. The van der Waals surface area contributed by atoms with Crippen molar-refractivity contribution in [2.24, 2.45) is 0 Å². The highest BCUT2D eigenvalue weighted by Gasteiger charge is 2.19. The molecule has 1 aromatic heterocycles. The number of benzene rings is 1. The molecule has 1 unspecified atom stereocenters. The maximum Gasteiger partial charge on any atom is 0.110 e. The molecule has 1 saturated heterocycles. The van der Waals surface area contributed by atoms with Crippen LogP contribution in [0.4, 0.5) is 0 Å². The van der Waals surface area contributed by atoms with E-state index in [4.69, 9.17) is 0 Å². The lowest BCUT2D eigenvalue weighted by Crippen LogP contribution is -2.08. The first-order valence-electron chi connectivity index (χ1n) is 5.60. The molecule has 2 nitrogen and oxygen atoms in total. The van der Waals surface area contributed by atoms with Gasteiger partial charge in [0.15, 0.2) is 0 Å². The van der Waals surface area contributed by atoms with E-state index < -0.39 is 0 Å². The molecular formula is C13H13BrN2. The van der Waals surface area contributed by atoms with Gasteiger partial charge in [0, 0.05) is 17.8 Å². The Morgan fingerprint density at radius 3 is 3.00 bits per heavy atom. The molecule has 1 fully saturated rings. The van der Waals surface area contributed by atoms with Crippen molar-refractivity contribution in [3.8, 4) is 0 Å². The second-order valence-corrected chi connectivity index (χ2v) is 5.00. The van der Waals surface area contributed by atoms with Crippen LogP contribution in [-0.2, 0) is 0 Å². The maximum atomic E-state index is 4.61. The molecule has 1 atom stereocenters. The molecule has 0 aliphatic carbocycles. The number of hydrogen-bond donors (Lipinski definition) is 1. The standard InChI is InChI=1S/C13H13BrN2/c14-13-11(10-5-6-15-8-10)7-9-3-1-2-4-12(9)16-13/h1-4,7,10,15H,5-6,8H2. The summed E-state index contributed by atoms with van der Waals surface area (Å²) in [4.78, 5) is 4.61. The predicted molar refractivity (Wildman–Crippen MR) is 69.7 cm³/mol. The quantitative estimate of drug-likeness (QED) is 0.810. The third kappa shape index (κ3) is 1.74. The van der Waals surface area contributed by atoms with E-state index in [1.165, 1.54) is 17.4 Å². The number of pyridine rings is 1. The van der Waals surface area contributed by atoms with Crippen LogP contribution in [0, 0.1) is 0 Å². The van der Waals surface area contributed by atoms with Crippen molar-refractivity contribution in [3.63, 3.8) is 0 Å². The van der Waals surface area contributed by atoms with Crippen molar-refractivity contribution in [1.29, 1.82) is 0 Å². The number of nitrogens with one attached hydrogen (secondary N) is 1. The number of hydrogen-bond acceptors (Lipinski definition) is 2. The molecule has 1 aromatic carbocycles. The van der Waals surface area contributed by atoms with Gasteiger partial charge in [-0.15, -0.1) is 0 Å². The van der Waals surface area contributed by atoms with E-state index >= 15 is 0 Å². The summed E-state index contributed by atoms with van der Waals surface area (Å²) in [5, 5.41) is 4.63. The molecule has 0 spiro atoms. The average molecular weight is 277 g/mol. The number of para-hydroxylation sites is 1. The highest BCUT2D eigenvalue weighted by molar-refractivity contribution is 9.10. The Labute approximate surface area is 103 Å². The van der Waals surface area contributed by atoms with Crippen LogP contribution in [0.2, 0.25) is 0 Å². The minimum Gasteiger partial charge on any atom is -0.316 e. The van der Waals surface area contributed by atoms with Gasteiger partial charge in [0.2, 0.25) is 0 Å². The monoisotopic (exact) mass is 276 g/mol. The summed E-state index contributed by atoms with van der Waals surface area (Å²) in [6.45, 7) is 2.18. The minimum atomic E-state index is 0.603. The van der Waals surface area contributed by atoms with Crippen LogP contribution in [0.5, 0.6) is 0 Å². The summed E-state index contributed by atoms with van der Waals surface area (Å²) < 4.78 is 1.000. The van der Waals surface area contributed by atoms with Crippen molar-refractivity contribution in [2.45, 2.75) is 12.3 Å². The summed E-state index contributed by atoms with van der Waals surface area (Å²) in [7, 11) is 0. The lowest BCUT2D eigenvalue weighted by atomic mass is 9.99. The molecular weight excluding hydrogens is 264 g/mol. The molecule has 1 N–H and O–H groups in total. The molecule has 3 rings (SSSR count). The highest BCUT2D eigenvalue weighted by Crippen LogP contribution is 2.30. The number of nitrogens with zero attached hydrogens (tertiary/aromatic N) is 1. The van der Waals surface area contributed by atoms with Crippen LogP contribution in [0.3, 0.4) is 0 Å². The van der Waals surface area contributed by atoms with E-state index in [1.807, 2.05) is 6.07 Å². The van der Waals surface area contributed by atoms with Gasteiger partial charge in [-0.2, -0.15) is 0 Å². The molecule has 2 aromatic rings. The Kier molecular flexibility index (Phi) is 2.65. The van der Waals surface area contributed by atoms with Crippen LogP contribution in [0.1, 0.15) is 17.9 Å². The summed E-state index contributed by atoms with van der Waals surface area (Å²) in [6.07, 6.45) is 1.21. The molecule has 0 radical (unpaired) electrons. The Morgan fingerprint density at radius 1 is 1.31 bits per heavy atom. The molecule has 1 aliphatic rings. The van der Waals surface area contributed by atoms with E-state index in [9.17, 15) is 0 Å². The van der Waals surface area contributed by atoms with Gasteiger partial charge in [-0.25, -0.2) is 4.98 Å². The van der Waals surface area contributed by atoms with Gasteiger partial charge in [0.25, 0.3) is 0 Å². The topological polar surface area (TPSA) is 24.9 Å². The zero-order valence-corrected chi connectivity index (χ0v) is 10.5. The van der Waals surface area contributed by atoms with E-state index in [1.54, 1.807) is 0 Å². The minimum absolute atomic E-state index is 0.603. The Hall–Kier alpha value is -0.930. The number of fused-ring (bicyclic) bond motifs is 1. The van der Waals surface area contributed by atoms with Gasteiger partial charge in [-0.1, -0.05) is 18.2 Å². The molecule has 0 amide bonds. The van der Waals surface area contributed by atoms with E-state index in [2.05, 4.69) is 50.5 Å². The second-order valence-electron chi connectivity index (χ2n) is 4.25. The normalized spacial score (nSPS) is 20.4. The third-order valence-corrected chi connectivity index (χ3v) is 3.84. The summed E-state index contributed by atoms with van der Waals surface area (Å²) in [5.41, 5.74) is 2.40. The molecule has 0 bridgehead atoms. The van der Waals surface area contributed by atoms with Gasteiger partial charge in [-0.3, -0.25) is 0 Å². The van der Waals surface area contributed by atoms with Crippen LogP contribution >= 0.6 is 15.9 Å². The van der Waals surface area contributed by atoms with E-state index in [-0.39, 0.29) is 0 Å². The van der Waals surface area contributed by atoms with Gasteiger partial charge < -0.3 is 5.32 Å². The zero-order chi connectivity index (χ0) is 11.0. The van der Waals surface area contributed by atoms with Crippen molar-refractivity contribution >= 4 is 26.8 Å². The van der Waals surface area contributed by atoms with Crippen molar-refractivity contribution in [2.75, 3.05) is 13.1 Å². The van der Waals surface area contributed by atoms with Crippen molar-refractivity contribution in [3.05, 3.63) is 40.5 Å². The van der Waals surface area contributed by atoms with Gasteiger partial charge in [-0.05, 0) is 46.6 Å². The number of rotatable bonds is 1. The molecule has 2 heterocycles. The fourth-order valence-electron chi connectivity index (χ4n) is 2.32. The fraction of sp³-hybridized carbons (Fsp3) is 0.308. The molecule has 0 saturated carbocycles. The molecule has 3 heteroatoms. The summed E-state index contributed by atoms with van der Waals surface area (Å²) >= 11 is 3.59. The van der Waals surface area contributed by atoms with Gasteiger partial charge in [0.1, 0.15) is 4.60 Å². The largest absolute Gasteiger partial charge is 0.316 e. The van der Waals surface area contributed by atoms with Crippen molar-refractivity contribution in [1.82, 2.24) is 10.3 Å². The average Bonchev–Trinajstić information content (AvgIpc) is 2.81. The lowest BCUT2D eigenvalue weighted by molar-refractivity contribution is 0.756. The first-order valence-corrected chi connectivity index (χ1v) is 6.40. The van der Waals surface area contributed by atoms with Gasteiger partial charge in [0.05, 0.1) is 5.52 Å². The summed E-state index contributed by atoms with van der Waals surface area (Å²) in [6, 6.07) is 10.5. The van der Waals surface area contributed by atoms with Crippen LogP contribution < -0.4 is 5.32 Å². The van der Waals surface area contributed by atoms with Crippen LogP contribution in [0.15, 0.2) is 34.9 Å². The van der Waals surface area contributed by atoms with Crippen LogP contribution in [0.25, 0.3) is 10.9 Å². The first-order chi connectivity index (χ1) is 7.84. The lowest BCUT2D eigenvalue weighted by Gasteiger charge is -2.11. The molecule has 82 valence electrons. The Balaban J connectivity index is 2.13. The Morgan fingerprint density at radius 2 is 2.19 bits per heavy atom. The summed E-state index contributed by atoms with van der Waals surface area (Å²) in [5.74, 6) is 0.603. The first kappa shape index (κ1) is 10.2. The smallest absolute Gasteiger partial charge is 0.110 e. The fourth-order valence-corrected chi connectivity index (χ4v) is 2.94. The third-order valence-electron chi connectivity index (χ3n) is 3.20. The second kappa shape index (κ2) is 4.15. The SMILES string of the molecule is Brc1nc2ccccc2cc1C1CCNC1. The number of halogens is 1.